The highest BCUT2D eigenvalue weighted by atomic mass is 16.6. The fourth-order valence-electron chi connectivity index (χ4n) is 1.61. The number of aryl methyl sites for hydroxylation is 1. The monoisotopic (exact) mass is 274 g/mol. The second-order valence-corrected chi connectivity index (χ2v) is 5.47. The Balaban J connectivity index is 2.12. The largest absolute Gasteiger partial charge is 0.444 e. The van der Waals surface area contributed by atoms with Crippen molar-refractivity contribution in [2.45, 2.75) is 33.3 Å². The molecule has 0 unspecified atom stereocenters. The van der Waals surface area contributed by atoms with Crippen LogP contribution in [0, 0.1) is 6.92 Å². The Morgan fingerprint density at radius 2 is 2.10 bits per heavy atom. The molecular weight excluding hydrogens is 256 g/mol. The van der Waals surface area contributed by atoms with E-state index < -0.39 is 11.7 Å². The molecule has 6 nitrogen and oxygen atoms in total. The van der Waals surface area contributed by atoms with Gasteiger partial charge >= 0.3 is 6.09 Å². The summed E-state index contributed by atoms with van der Waals surface area (Å²) in [6, 6.07) is 3.56. The summed E-state index contributed by atoms with van der Waals surface area (Å²) >= 11 is 0. The molecule has 6 heteroatoms. The van der Waals surface area contributed by atoms with Gasteiger partial charge in [0.1, 0.15) is 17.2 Å². The smallest absolute Gasteiger partial charge is 0.413 e. The van der Waals surface area contributed by atoms with Crippen molar-refractivity contribution in [2.24, 2.45) is 0 Å². The van der Waals surface area contributed by atoms with Gasteiger partial charge in [0.25, 0.3) is 0 Å². The third-order valence-corrected chi connectivity index (χ3v) is 2.37. The van der Waals surface area contributed by atoms with Gasteiger partial charge in [-0.1, -0.05) is 0 Å². The molecule has 0 aromatic carbocycles. The van der Waals surface area contributed by atoms with Crippen LogP contribution < -0.4 is 5.32 Å². The van der Waals surface area contributed by atoms with Crippen molar-refractivity contribution in [2.75, 3.05) is 5.32 Å². The number of carbonyl (C=O) groups is 1. The van der Waals surface area contributed by atoms with Crippen molar-refractivity contribution in [1.29, 1.82) is 0 Å². The van der Waals surface area contributed by atoms with E-state index in [1.54, 1.807) is 18.5 Å². The summed E-state index contributed by atoms with van der Waals surface area (Å²) in [6.07, 6.45) is 2.83. The maximum atomic E-state index is 11.7. The number of aromatic amines is 1. The minimum absolute atomic E-state index is 0.422. The molecule has 2 aromatic rings. The number of nitrogens with zero attached hydrogens (tertiary/aromatic N) is 2. The van der Waals surface area contributed by atoms with E-state index in [1.807, 2.05) is 33.8 Å². The molecule has 0 atom stereocenters. The van der Waals surface area contributed by atoms with Gasteiger partial charge in [0.2, 0.25) is 0 Å². The van der Waals surface area contributed by atoms with Crippen molar-refractivity contribution in [3.63, 3.8) is 0 Å². The molecule has 0 radical (unpaired) electrons. The van der Waals surface area contributed by atoms with Crippen LogP contribution in [0.5, 0.6) is 0 Å². The van der Waals surface area contributed by atoms with Crippen molar-refractivity contribution in [3.8, 4) is 11.4 Å². The van der Waals surface area contributed by atoms with E-state index in [4.69, 9.17) is 4.74 Å². The molecular formula is C14H18N4O2. The number of rotatable bonds is 2. The molecule has 1 amide bonds. The first kappa shape index (κ1) is 14.0. The van der Waals surface area contributed by atoms with Crippen molar-refractivity contribution >= 4 is 11.9 Å². The highest BCUT2D eigenvalue weighted by Gasteiger charge is 2.16. The molecule has 2 aromatic heterocycles. The summed E-state index contributed by atoms with van der Waals surface area (Å²) in [5, 5.41) is 2.60. The first-order valence-electron chi connectivity index (χ1n) is 6.31. The van der Waals surface area contributed by atoms with Crippen LogP contribution >= 0.6 is 0 Å². The zero-order valence-corrected chi connectivity index (χ0v) is 12.0. The fraction of sp³-hybridized carbons (Fsp3) is 0.357. The summed E-state index contributed by atoms with van der Waals surface area (Å²) in [4.78, 5) is 23.1. The highest BCUT2D eigenvalue weighted by molar-refractivity contribution is 5.84. The first-order valence-corrected chi connectivity index (χ1v) is 6.31. The Morgan fingerprint density at radius 3 is 2.70 bits per heavy atom. The molecule has 20 heavy (non-hydrogen) atoms. The van der Waals surface area contributed by atoms with Crippen molar-refractivity contribution in [3.05, 3.63) is 30.2 Å². The van der Waals surface area contributed by atoms with Gasteiger partial charge in [0, 0.05) is 23.7 Å². The molecule has 0 spiro atoms. The summed E-state index contributed by atoms with van der Waals surface area (Å²) in [5.41, 5.74) is 1.28. The van der Waals surface area contributed by atoms with Crippen LogP contribution in [0.15, 0.2) is 24.5 Å². The average Bonchev–Trinajstić information content (AvgIpc) is 2.73. The van der Waals surface area contributed by atoms with E-state index in [1.165, 1.54) is 0 Å². The van der Waals surface area contributed by atoms with Gasteiger partial charge in [-0.05, 0) is 39.8 Å². The van der Waals surface area contributed by atoms with E-state index in [9.17, 15) is 4.79 Å². The average molecular weight is 274 g/mol. The van der Waals surface area contributed by atoms with Gasteiger partial charge in [0.15, 0.2) is 0 Å². The molecule has 0 saturated heterocycles. The van der Waals surface area contributed by atoms with E-state index in [-0.39, 0.29) is 0 Å². The molecule has 0 bridgehead atoms. The summed E-state index contributed by atoms with van der Waals surface area (Å²) in [7, 11) is 0. The van der Waals surface area contributed by atoms with Crippen LogP contribution in [0.4, 0.5) is 10.6 Å². The van der Waals surface area contributed by atoms with Gasteiger partial charge in [-0.15, -0.1) is 0 Å². The lowest BCUT2D eigenvalue weighted by Crippen LogP contribution is -2.27. The number of amides is 1. The number of imidazole rings is 1. The van der Waals surface area contributed by atoms with Gasteiger partial charge in [-0.2, -0.15) is 0 Å². The molecule has 0 fully saturated rings. The SMILES string of the molecule is Cc1cnc(-c2ccnc(NC(=O)OC(C)(C)C)c2)[nH]1. The van der Waals surface area contributed by atoms with Crippen LogP contribution in [0.1, 0.15) is 26.5 Å². The minimum Gasteiger partial charge on any atom is -0.444 e. The van der Waals surface area contributed by atoms with E-state index in [2.05, 4.69) is 20.3 Å². The fourth-order valence-corrected chi connectivity index (χ4v) is 1.61. The number of carbonyl (C=O) groups excluding carboxylic acids is 1. The van der Waals surface area contributed by atoms with Gasteiger partial charge in [-0.3, -0.25) is 5.32 Å². The molecule has 2 heterocycles. The topological polar surface area (TPSA) is 79.9 Å². The number of ether oxygens (including phenoxy) is 1. The number of hydrogen-bond acceptors (Lipinski definition) is 4. The maximum absolute atomic E-state index is 11.7. The Bertz CT molecular complexity index is 614. The lowest BCUT2D eigenvalue weighted by molar-refractivity contribution is 0.0635. The molecule has 0 aliphatic carbocycles. The zero-order valence-electron chi connectivity index (χ0n) is 12.0. The van der Waals surface area contributed by atoms with E-state index in [0.717, 1.165) is 17.1 Å². The number of aromatic nitrogens is 3. The first-order chi connectivity index (χ1) is 9.33. The third kappa shape index (κ3) is 3.81. The summed E-state index contributed by atoms with van der Waals surface area (Å²) in [5.74, 6) is 1.16. The normalized spacial score (nSPS) is 11.2. The Hall–Kier alpha value is -2.37. The van der Waals surface area contributed by atoms with Crippen LogP contribution in [-0.4, -0.2) is 26.6 Å². The van der Waals surface area contributed by atoms with Crippen LogP contribution in [0.3, 0.4) is 0 Å². The minimum atomic E-state index is -0.542. The number of pyridine rings is 1. The van der Waals surface area contributed by atoms with Gasteiger partial charge in [-0.25, -0.2) is 14.8 Å². The molecule has 2 rings (SSSR count). The number of H-pyrrole nitrogens is 1. The Morgan fingerprint density at radius 1 is 1.35 bits per heavy atom. The standard InChI is InChI=1S/C14H18N4O2/c1-9-8-16-12(17-9)10-5-6-15-11(7-10)18-13(19)20-14(2,3)4/h5-8H,1-4H3,(H,16,17)(H,15,18,19). The van der Waals surface area contributed by atoms with Crippen LogP contribution in [0.25, 0.3) is 11.4 Å². The predicted octanol–water partition coefficient (Wildman–Crippen LogP) is 3.13. The molecule has 0 saturated carbocycles. The molecule has 106 valence electrons. The summed E-state index contributed by atoms with van der Waals surface area (Å²) in [6.45, 7) is 7.35. The maximum Gasteiger partial charge on any atom is 0.413 e. The number of anilines is 1. The number of hydrogen-bond donors (Lipinski definition) is 2. The number of nitrogens with one attached hydrogen (secondary N) is 2. The highest BCUT2D eigenvalue weighted by Crippen LogP contribution is 2.18. The third-order valence-electron chi connectivity index (χ3n) is 2.37. The van der Waals surface area contributed by atoms with Crippen LogP contribution in [-0.2, 0) is 4.74 Å². The second-order valence-electron chi connectivity index (χ2n) is 5.47. The molecule has 2 N–H and O–H groups in total. The van der Waals surface area contributed by atoms with Crippen LogP contribution in [0.2, 0.25) is 0 Å². The van der Waals surface area contributed by atoms with Crippen molar-refractivity contribution < 1.29 is 9.53 Å². The lowest BCUT2D eigenvalue weighted by atomic mass is 10.2. The van der Waals surface area contributed by atoms with Gasteiger partial charge < -0.3 is 9.72 Å². The zero-order chi connectivity index (χ0) is 14.8. The summed E-state index contributed by atoms with van der Waals surface area (Å²) < 4.78 is 5.18. The van der Waals surface area contributed by atoms with E-state index >= 15 is 0 Å². The molecule has 0 aliphatic rings. The Kier molecular flexibility index (Phi) is 3.74. The van der Waals surface area contributed by atoms with Gasteiger partial charge in [0.05, 0.1) is 0 Å². The Labute approximate surface area is 117 Å². The lowest BCUT2D eigenvalue weighted by Gasteiger charge is -2.19. The molecule has 0 aliphatic heterocycles. The predicted molar refractivity (Wildman–Crippen MR) is 76.4 cm³/mol. The van der Waals surface area contributed by atoms with Crippen molar-refractivity contribution in [1.82, 2.24) is 15.0 Å². The van der Waals surface area contributed by atoms with E-state index in [0.29, 0.717) is 5.82 Å². The second kappa shape index (κ2) is 5.32. The quantitative estimate of drug-likeness (QED) is 0.881.